The molecule has 2 aliphatic rings. The maximum absolute atomic E-state index is 13.1. The fourth-order valence-corrected chi connectivity index (χ4v) is 4.79. The predicted octanol–water partition coefficient (Wildman–Crippen LogP) is 2.31. The number of thioether (sulfide) groups is 1. The Morgan fingerprint density at radius 2 is 1.85 bits per heavy atom. The second-order valence-electron chi connectivity index (χ2n) is 8.29. The normalized spacial score (nSPS) is 22.2. The average molecular weight is 468 g/mol. The van der Waals surface area contributed by atoms with Crippen LogP contribution in [-0.2, 0) is 11.3 Å². The molecule has 0 spiro atoms. The van der Waals surface area contributed by atoms with Crippen molar-refractivity contribution in [1.29, 1.82) is 0 Å². The molecule has 2 heterocycles. The van der Waals surface area contributed by atoms with Gasteiger partial charge in [-0.15, -0.1) is 11.8 Å². The van der Waals surface area contributed by atoms with Gasteiger partial charge >= 0.3 is 0 Å². The molecule has 2 aromatic rings. The van der Waals surface area contributed by atoms with Gasteiger partial charge in [-0.25, -0.2) is 0 Å². The number of fused-ring (bicyclic) bond motifs is 1. The Morgan fingerprint density at radius 3 is 2.52 bits per heavy atom. The first-order chi connectivity index (χ1) is 15.7. The summed E-state index contributed by atoms with van der Waals surface area (Å²) in [5.41, 5.74) is 0.432. The highest BCUT2D eigenvalue weighted by Crippen LogP contribution is 2.36. The van der Waals surface area contributed by atoms with Crippen LogP contribution in [-0.4, -0.2) is 51.2 Å². The minimum absolute atomic E-state index is 0.107. The zero-order valence-electron chi connectivity index (χ0n) is 18.4. The zero-order valence-corrected chi connectivity index (χ0v) is 19.2. The van der Waals surface area contributed by atoms with Crippen LogP contribution in [0.25, 0.3) is 0 Å². The molecule has 0 saturated carbocycles. The van der Waals surface area contributed by atoms with Crippen LogP contribution in [0, 0.1) is 0 Å². The lowest BCUT2D eigenvalue weighted by molar-refractivity contribution is -0.133. The first-order valence-electron chi connectivity index (χ1n) is 10.7. The second-order valence-corrected chi connectivity index (χ2v) is 9.63. The highest BCUT2D eigenvalue weighted by Gasteiger charge is 2.52. The predicted molar refractivity (Wildman–Crippen MR) is 123 cm³/mol. The van der Waals surface area contributed by atoms with Crippen LogP contribution in [0.2, 0.25) is 0 Å². The summed E-state index contributed by atoms with van der Waals surface area (Å²) >= 11 is 1.70. The van der Waals surface area contributed by atoms with E-state index in [2.05, 4.69) is 17.6 Å². The molecule has 3 N–H and O–H groups in total. The molecule has 2 aromatic carbocycles. The van der Waals surface area contributed by atoms with E-state index in [-0.39, 0.29) is 42.3 Å². The number of carbonyl (C=O) groups is 4. The summed E-state index contributed by atoms with van der Waals surface area (Å²) in [4.78, 5) is 52.3. The quantitative estimate of drug-likeness (QED) is 0.444. The van der Waals surface area contributed by atoms with Crippen LogP contribution < -0.4 is 10.6 Å². The molecule has 2 atom stereocenters. The minimum Gasteiger partial charge on any atom is -0.371 e. The van der Waals surface area contributed by atoms with Crippen LogP contribution in [0.15, 0.2) is 47.4 Å². The number of amides is 4. The number of aliphatic hydroxyl groups excluding tert-OH is 1. The molecule has 9 heteroatoms. The molecular weight excluding hydrogens is 442 g/mol. The van der Waals surface area contributed by atoms with E-state index in [1.165, 1.54) is 0 Å². The van der Waals surface area contributed by atoms with Crippen LogP contribution in [0.3, 0.4) is 0 Å². The third-order valence-electron chi connectivity index (χ3n) is 6.09. The number of benzene rings is 2. The fraction of sp³-hybridized carbons (Fsp3) is 0.333. The molecule has 4 amide bonds. The summed E-state index contributed by atoms with van der Waals surface area (Å²) in [5, 5.41) is 15.6. The van der Waals surface area contributed by atoms with Gasteiger partial charge in [0.05, 0.1) is 16.7 Å². The van der Waals surface area contributed by atoms with E-state index >= 15 is 0 Å². The Hall–Kier alpha value is -3.17. The van der Waals surface area contributed by atoms with Gasteiger partial charge in [0, 0.05) is 23.4 Å². The fourth-order valence-electron chi connectivity index (χ4n) is 4.13. The summed E-state index contributed by atoms with van der Waals surface area (Å²) in [6.45, 7) is 3.84. The molecule has 8 nitrogen and oxygen atoms in total. The summed E-state index contributed by atoms with van der Waals surface area (Å²) in [5.74, 6) is -0.636. The van der Waals surface area contributed by atoms with Gasteiger partial charge in [-0.05, 0) is 61.1 Å². The van der Waals surface area contributed by atoms with Crippen molar-refractivity contribution in [3.8, 4) is 0 Å². The van der Waals surface area contributed by atoms with Gasteiger partial charge < -0.3 is 15.7 Å². The highest BCUT2D eigenvalue weighted by molar-refractivity contribution is 7.99. The number of rotatable bonds is 6. The van der Waals surface area contributed by atoms with Crippen molar-refractivity contribution in [2.24, 2.45) is 0 Å². The van der Waals surface area contributed by atoms with Crippen molar-refractivity contribution in [2.75, 3.05) is 5.75 Å². The standard InChI is InChI=1S/C24H25N3O5S/c1-3-33-16-7-5-15(6-8-16)20(29)25-13-14-4-9-17-18(12-14)22(31)27(21(17)30)24(2)11-10-19(28)26-23(24)32/h4-9,12,23,32H,3,10-11,13H2,1-2H3,(H,25,29)(H,26,28)/t23?,24-/m0/s1. The molecular formula is C24H25N3O5S. The average Bonchev–Trinajstić information content (AvgIpc) is 3.05. The van der Waals surface area contributed by atoms with Crippen LogP contribution in [0.1, 0.15) is 63.3 Å². The molecule has 0 aromatic heterocycles. The molecule has 2 aliphatic heterocycles. The van der Waals surface area contributed by atoms with Crippen molar-refractivity contribution in [2.45, 2.75) is 49.9 Å². The van der Waals surface area contributed by atoms with Gasteiger partial charge in [0.15, 0.2) is 0 Å². The zero-order chi connectivity index (χ0) is 23.8. The number of hydrogen-bond donors (Lipinski definition) is 3. The van der Waals surface area contributed by atoms with Gasteiger partial charge in [-0.3, -0.25) is 24.1 Å². The van der Waals surface area contributed by atoms with Crippen LogP contribution in [0.5, 0.6) is 0 Å². The monoisotopic (exact) mass is 467 g/mol. The number of aliphatic hydroxyl groups is 1. The first kappa shape index (κ1) is 23.0. The van der Waals surface area contributed by atoms with E-state index in [0.717, 1.165) is 15.5 Å². The van der Waals surface area contributed by atoms with Crippen molar-refractivity contribution in [1.82, 2.24) is 15.5 Å². The van der Waals surface area contributed by atoms with Crippen molar-refractivity contribution < 1.29 is 24.3 Å². The molecule has 0 radical (unpaired) electrons. The SMILES string of the molecule is CCSc1ccc(C(=O)NCc2ccc3c(c2)C(=O)N([C@@]2(C)CCC(=O)NC2O)C3=O)cc1. The third kappa shape index (κ3) is 4.26. The summed E-state index contributed by atoms with van der Waals surface area (Å²) < 4.78 is 0. The largest absolute Gasteiger partial charge is 0.371 e. The van der Waals surface area contributed by atoms with Gasteiger partial charge in [0.1, 0.15) is 6.23 Å². The van der Waals surface area contributed by atoms with Crippen molar-refractivity contribution >= 4 is 35.4 Å². The van der Waals surface area contributed by atoms with Gasteiger partial charge in [-0.1, -0.05) is 13.0 Å². The topological polar surface area (TPSA) is 116 Å². The van der Waals surface area contributed by atoms with E-state index in [0.29, 0.717) is 11.1 Å². The minimum atomic E-state index is -1.35. The third-order valence-corrected chi connectivity index (χ3v) is 6.98. The van der Waals surface area contributed by atoms with E-state index in [1.807, 2.05) is 12.1 Å². The molecule has 4 rings (SSSR count). The van der Waals surface area contributed by atoms with Gasteiger partial charge in [0.25, 0.3) is 17.7 Å². The maximum Gasteiger partial charge on any atom is 0.262 e. The smallest absolute Gasteiger partial charge is 0.262 e. The van der Waals surface area contributed by atoms with Crippen molar-refractivity contribution in [3.05, 3.63) is 64.7 Å². The van der Waals surface area contributed by atoms with Gasteiger partial charge in [0.2, 0.25) is 5.91 Å². The lowest BCUT2D eigenvalue weighted by atomic mass is 9.88. The molecule has 1 saturated heterocycles. The number of nitrogens with zero attached hydrogens (tertiary/aromatic N) is 1. The van der Waals surface area contributed by atoms with E-state index in [9.17, 15) is 24.3 Å². The number of carbonyl (C=O) groups excluding carboxylic acids is 4. The van der Waals surface area contributed by atoms with E-state index < -0.39 is 23.6 Å². The van der Waals surface area contributed by atoms with Crippen LogP contribution >= 0.6 is 11.8 Å². The molecule has 0 bridgehead atoms. The summed E-state index contributed by atoms with van der Waals surface area (Å²) in [6.07, 6.45) is -1.07. The Kier molecular flexibility index (Phi) is 6.27. The lowest BCUT2D eigenvalue weighted by Crippen LogP contribution is -2.65. The van der Waals surface area contributed by atoms with E-state index in [1.54, 1.807) is 49.0 Å². The molecule has 0 aliphatic carbocycles. The Balaban J connectivity index is 1.48. The van der Waals surface area contributed by atoms with E-state index in [4.69, 9.17) is 0 Å². The lowest BCUT2D eigenvalue weighted by Gasteiger charge is -2.43. The Labute approximate surface area is 195 Å². The Bertz CT molecular complexity index is 1130. The molecule has 33 heavy (non-hydrogen) atoms. The summed E-state index contributed by atoms with van der Waals surface area (Å²) in [6, 6.07) is 12.2. The van der Waals surface area contributed by atoms with Crippen LogP contribution in [0.4, 0.5) is 0 Å². The Morgan fingerprint density at radius 1 is 1.15 bits per heavy atom. The highest BCUT2D eigenvalue weighted by atomic mass is 32.2. The number of hydrogen-bond acceptors (Lipinski definition) is 6. The maximum atomic E-state index is 13.1. The first-order valence-corrected chi connectivity index (χ1v) is 11.7. The number of piperidine rings is 1. The van der Waals surface area contributed by atoms with Crippen molar-refractivity contribution in [3.63, 3.8) is 0 Å². The second kappa shape index (κ2) is 8.99. The summed E-state index contributed by atoms with van der Waals surface area (Å²) in [7, 11) is 0. The number of imide groups is 1. The molecule has 1 fully saturated rings. The number of nitrogens with one attached hydrogen (secondary N) is 2. The van der Waals surface area contributed by atoms with Gasteiger partial charge in [-0.2, -0.15) is 0 Å². The molecule has 172 valence electrons. The molecule has 1 unspecified atom stereocenters.